The van der Waals surface area contributed by atoms with Crippen LogP contribution in [0.1, 0.15) is 47.9 Å². The highest BCUT2D eigenvalue weighted by Crippen LogP contribution is 2.22. The van der Waals surface area contributed by atoms with Crippen molar-refractivity contribution in [3.8, 4) is 0 Å². The first-order valence-electron chi connectivity index (χ1n) is 16.0. The fraction of sp³-hybridized carbons (Fsp3) is 0.278. The standard InChI is InChI=1S/C36H36N8O4/c45-33(19-27-5-1-15-37-21-27)43-17-3-7-29(43)35(47)41-31-13-11-25(23-39-31)9-10-26-12-14-32(40-24-26)42-36(48)30-8-4-18-44(30)34(46)20-28-6-2-16-38-22-28/h1-2,5-6,9-16,21-24,29-30H,3-4,7-8,17-20H2,(H,39,41,47)(H,40,42,48). The highest BCUT2D eigenvalue weighted by atomic mass is 16.2. The number of nitrogens with one attached hydrogen (secondary N) is 2. The smallest absolute Gasteiger partial charge is 0.248 e. The van der Waals surface area contributed by atoms with Gasteiger partial charge in [-0.05, 0) is 84.3 Å². The third kappa shape index (κ3) is 8.13. The Hall–Kier alpha value is -5.78. The molecule has 0 radical (unpaired) electrons. The van der Waals surface area contributed by atoms with E-state index < -0.39 is 12.1 Å². The van der Waals surface area contributed by atoms with Crippen LogP contribution in [0.25, 0.3) is 12.2 Å². The Kier molecular flexibility index (Phi) is 10.2. The number of amides is 4. The first kappa shape index (κ1) is 32.2. The number of pyridine rings is 4. The SMILES string of the molecule is O=C(Nc1ccc(C=Cc2ccc(NC(=O)C3CCCN3C(=O)Cc3cccnc3)nc2)cn1)C1CCCN1C(=O)Cc1cccnc1. The van der Waals surface area contributed by atoms with Gasteiger partial charge in [0.15, 0.2) is 0 Å². The van der Waals surface area contributed by atoms with Crippen LogP contribution in [0, 0.1) is 0 Å². The number of rotatable bonds is 10. The largest absolute Gasteiger partial charge is 0.330 e. The number of carbonyl (C=O) groups is 4. The molecule has 0 saturated carbocycles. The Labute approximate surface area is 278 Å². The first-order chi connectivity index (χ1) is 23.4. The molecule has 12 heteroatoms. The number of carbonyl (C=O) groups excluding carboxylic acids is 4. The Balaban J connectivity index is 0.985. The average Bonchev–Trinajstić information content (AvgIpc) is 3.81. The molecule has 6 rings (SSSR count). The molecule has 0 bridgehead atoms. The van der Waals surface area contributed by atoms with Crippen molar-refractivity contribution in [3.63, 3.8) is 0 Å². The van der Waals surface area contributed by atoms with E-state index in [1.54, 1.807) is 71.2 Å². The summed E-state index contributed by atoms with van der Waals surface area (Å²) in [5.74, 6) is 0.124. The topological polar surface area (TPSA) is 150 Å². The molecule has 2 aliphatic heterocycles. The number of anilines is 2. The van der Waals surface area contributed by atoms with Crippen molar-refractivity contribution in [1.82, 2.24) is 29.7 Å². The molecule has 0 aromatic carbocycles. The minimum atomic E-state index is -0.534. The lowest BCUT2D eigenvalue weighted by Crippen LogP contribution is -2.43. The molecule has 2 N–H and O–H groups in total. The van der Waals surface area contributed by atoms with Crippen LogP contribution in [-0.4, -0.2) is 78.5 Å². The van der Waals surface area contributed by atoms with E-state index in [4.69, 9.17) is 0 Å². The quantitative estimate of drug-likeness (QED) is 0.265. The summed E-state index contributed by atoms with van der Waals surface area (Å²) in [5, 5.41) is 5.69. The molecule has 244 valence electrons. The second kappa shape index (κ2) is 15.2. The van der Waals surface area contributed by atoms with E-state index >= 15 is 0 Å². The maximum atomic E-state index is 13.0. The molecule has 12 nitrogen and oxygen atoms in total. The van der Waals surface area contributed by atoms with Crippen molar-refractivity contribution < 1.29 is 19.2 Å². The van der Waals surface area contributed by atoms with Crippen LogP contribution >= 0.6 is 0 Å². The Morgan fingerprint density at radius 3 is 1.48 bits per heavy atom. The molecule has 2 saturated heterocycles. The van der Waals surface area contributed by atoms with Gasteiger partial charge in [0, 0.05) is 50.3 Å². The molecule has 48 heavy (non-hydrogen) atoms. The summed E-state index contributed by atoms with van der Waals surface area (Å²) >= 11 is 0. The van der Waals surface area contributed by atoms with Gasteiger partial charge in [0.2, 0.25) is 23.6 Å². The number of hydrogen-bond donors (Lipinski definition) is 2. The van der Waals surface area contributed by atoms with Crippen molar-refractivity contribution in [2.75, 3.05) is 23.7 Å². The molecule has 2 unspecified atom stereocenters. The van der Waals surface area contributed by atoms with Crippen LogP contribution in [0.2, 0.25) is 0 Å². The summed E-state index contributed by atoms with van der Waals surface area (Å²) in [5.41, 5.74) is 3.26. The predicted molar refractivity (Wildman–Crippen MR) is 180 cm³/mol. The second-order valence-electron chi connectivity index (χ2n) is 11.8. The highest BCUT2D eigenvalue weighted by molar-refractivity contribution is 5.98. The Morgan fingerprint density at radius 2 is 1.10 bits per heavy atom. The van der Waals surface area contributed by atoms with Crippen molar-refractivity contribution >= 4 is 47.4 Å². The summed E-state index contributed by atoms with van der Waals surface area (Å²) in [6.07, 6.45) is 16.8. The summed E-state index contributed by atoms with van der Waals surface area (Å²) in [6, 6.07) is 13.3. The van der Waals surface area contributed by atoms with Gasteiger partial charge >= 0.3 is 0 Å². The number of nitrogens with zero attached hydrogens (tertiary/aromatic N) is 6. The minimum Gasteiger partial charge on any atom is -0.330 e. The highest BCUT2D eigenvalue weighted by Gasteiger charge is 2.35. The summed E-state index contributed by atoms with van der Waals surface area (Å²) in [6.45, 7) is 1.09. The normalized spacial score (nSPS) is 17.4. The molecular formula is C36H36N8O4. The van der Waals surface area contributed by atoms with E-state index in [0.717, 1.165) is 35.1 Å². The predicted octanol–water partition coefficient (Wildman–Crippen LogP) is 3.78. The monoisotopic (exact) mass is 644 g/mol. The molecule has 0 aliphatic carbocycles. The third-order valence-electron chi connectivity index (χ3n) is 8.45. The minimum absolute atomic E-state index is 0.0939. The van der Waals surface area contributed by atoms with E-state index in [1.807, 2.05) is 36.4 Å². The fourth-order valence-electron chi connectivity index (χ4n) is 6.00. The van der Waals surface area contributed by atoms with Gasteiger partial charge in [-0.15, -0.1) is 0 Å². The lowest BCUT2D eigenvalue weighted by Gasteiger charge is -2.24. The molecule has 0 spiro atoms. The number of likely N-dealkylation sites (tertiary alicyclic amines) is 2. The molecule has 4 aromatic rings. The number of hydrogen-bond acceptors (Lipinski definition) is 8. The molecule has 6 heterocycles. The molecular weight excluding hydrogens is 608 g/mol. The van der Waals surface area contributed by atoms with Crippen LogP contribution in [0.5, 0.6) is 0 Å². The lowest BCUT2D eigenvalue weighted by molar-refractivity contribution is -0.136. The molecule has 2 fully saturated rings. The maximum absolute atomic E-state index is 13.0. The Bertz CT molecular complexity index is 1630. The molecule has 2 aliphatic rings. The summed E-state index contributed by atoms with van der Waals surface area (Å²) in [7, 11) is 0. The van der Waals surface area contributed by atoms with E-state index in [1.165, 1.54) is 0 Å². The zero-order valence-electron chi connectivity index (χ0n) is 26.4. The van der Waals surface area contributed by atoms with Gasteiger partial charge in [0.25, 0.3) is 0 Å². The van der Waals surface area contributed by atoms with E-state index in [9.17, 15) is 19.2 Å². The van der Waals surface area contributed by atoms with Crippen LogP contribution < -0.4 is 10.6 Å². The van der Waals surface area contributed by atoms with E-state index in [2.05, 4.69) is 30.6 Å². The van der Waals surface area contributed by atoms with Crippen molar-refractivity contribution in [1.29, 1.82) is 0 Å². The van der Waals surface area contributed by atoms with Crippen LogP contribution in [0.4, 0.5) is 11.6 Å². The van der Waals surface area contributed by atoms with Gasteiger partial charge in [-0.2, -0.15) is 0 Å². The van der Waals surface area contributed by atoms with Crippen molar-refractivity contribution in [3.05, 3.63) is 108 Å². The maximum Gasteiger partial charge on any atom is 0.248 e. The molecule has 4 aromatic heterocycles. The fourth-order valence-corrected chi connectivity index (χ4v) is 6.00. The molecule has 4 amide bonds. The zero-order valence-corrected chi connectivity index (χ0v) is 26.4. The average molecular weight is 645 g/mol. The van der Waals surface area contributed by atoms with Gasteiger partial charge < -0.3 is 20.4 Å². The van der Waals surface area contributed by atoms with E-state index in [-0.39, 0.29) is 36.5 Å². The number of aromatic nitrogens is 4. The van der Waals surface area contributed by atoms with Gasteiger partial charge in [0.1, 0.15) is 23.7 Å². The first-order valence-corrected chi connectivity index (χ1v) is 16.0. The zero-order chi connectivity index (χ0) is 33.3. The summed E-state index contributed by atoms with van der Waals surface area (Å²) in [4.78, 5) is 72.0. The summed E-state index contributed by atoms with van der Waals surface area (Å²) < 4.78 is 0. The Morgan fingerprint density at radius 1 is 0.646 bits per heavy atom. The second-order valence-corrected chi connectivity index (χ2v) is 11.8. The third-order valence-corrected chi connectivity index (χ3v) is 8.45. The van der Waals surface area contributed by atoms with Crippen molar-refractivity contribution in [2.24, 2.45) is 0 Å². The van der Waals surface area contributed by atoms with Gasteiger partial charge in [-0.3, -0.25) is 29.1 Å². The lowest BCUT2D eigenvalue weighted by atomic mass is 10.1. The van der Waals surface area contributed by atoms with E-state index in [0.29, 0.717) is 37.6 Å². The van der Waals surface area contributed by atoms with Crippen molar-refractivity contribution in [2.45, 2.75) is 50.6 Å². The van der Waals surface area contributed by atoms with Gasteiger partial charge in [-0.25, -0.2) is 9.97 Å². The van der Waals surface area contributed by atoms with Crippen LogP contribution in [0.15, 0.2) is 85.7 Å². The van der Waals surface area contributed by atoms with Gasteiger partial charge in [0.05, 0.1) is 12.8 Å². The van der Waals surface area contributed by atoms with Crippen LogP contribution in [-0.2, 0) is 32.0 Å². The van der Waals surface area contributed by atoms with Crippen LogP contribution in [0.3, 0.4) is 0 Å². The molecule has 2 atom stereocenters. The van der Waals surface area contributed by atoms with Gasteiger partial charge in [-0.1, -0.05) is 24.3 Å².